The molecule has 0 N–H and O–H groups in total. The summed E-state index contributed by atoms with van der Waals surface area (Å²) in [5, 5.41) is 1.70. The monoisotopic (exact) mass is 280 g/mol. The third-order valence-electron chi connectivity index (χ3n) is 3.47. The third kappa shape index (κ3) is 1.92. The first-order chi connectivity index (χ1) is 10.2. The molecular formula is C17H9FO3. The normalized spacial score (nSPS) is 11.3. The van der Waals surface area contributed by atoms with Gasteiger partial charge in [-0.2, -0.15) is 0 Å². The van der Waals surface area contributed by atoms with Gasteiger partial charge in [0.1, 0.15) is 17.0 Å². The fourth-order valence-electron chi connectivity index (χ4n) is 2.44. The predicted octanol–water partition coefficient (Wildman–Crippen LogP) is 4.35. The number of rotatable bonds is 1. The molecule has 0 saturated carbocycles. The third-order valence-corrected chi connectivity index (χ3v) is 3.47. The molecule has 2 aromatic carbocycles. The Morgan fingerprint density at radius 3 is 2.52 bits per heavy atom. The van der Waals surface area contributed by atoms with Crippen LogP contribution in [0.2, 0.25) is 0 Å². The van der Waals surface area contributed by atoms with Gasteiger partial charge >= 0.3 is 5.63 Å². The van der Waals surface area contributed by atoms with Crippen LogP contribution in [-0.2, 0) is 0 Å². The Kier molecular flexibility index (Phi) is 2.44. The molecule has 0 aliphatic rings. The van der Waals surface area contributed by atoms with Gasteiger partial charge in [-0.3, -0.25) is 0 Å². The second kappa shape index (κ2) is 4.31. The highest BCUT2D eigenvalue weighted by atomic mass is 19.1. The zero-order valence-electron chi connectivity index (χ0n) is 10.8. The molecule has 4 heteroatoms. The number of hydrogen-bond acceptors (Lipinski definition) is 3. The van der Waals surface area contributed by atoms with Gasteiger partial charge in [0.05, 0.1) is 6.26 Å². The van der Waals surface area contributed by atoms with Crippen molar-refractivity contribution in [3.05, 3.63) is 71.0 Å². The van der Waals surface area contributed by atoms with Crippen LogP contribution in [-0.4, -0.2) is 0 Å². The van der Waals surface area contributed by atoms with Crippen molar-refractivity contribution >= 4 is 21.9 Å². The smallest absolute Gasteiger partial charge is 0.336 e. The molecule has 0 saturated heterocycles. The van der Waals surface area contributed by atoms with Crippen LogP contribution in [0, 0.1) is 5.82 Å². The molecule has 0 bridgehead atoms. The fourth-order valence-corrected chi connectivity index (χ4v) is 2.44. The molecule has 0 spiro atoms. The van der Waals surface area contributed by atoms with Crippen LogP contribution in [0.4, 0.5) is 4.39 Å². The van der Waals surface area contributed by atoms with Gasteiger partial charge in [0.2, 0.25) is 0 Å². The number of fused-ring (bicyclic) bond motifs is 2. The zero-order chi connectivity index (χ0) is 14.4. The second-order valence-electron chi connectivity index (χ2n) is 4.80. The standard InChI is InChI=1S/C17H9FO3/c18-12-4-1-10(2-5-12)14-9-20-16-8-15-11(7-13(14)16)3-6-17(19)21-15/h1-9H. The number of furan rings is 1. The van der Waals surface area contributed by atoms with Crippen molar-refractivity contribution in [3.8, 4) is 11.1 Å². The molecule has 4 aromatic rings. The van der Waals surface area contributed by atoms with Crippen molar-refractivity contribution in [2.24, 2.45) is 0 Å². The quantitative estimate of drug-likeness (QED) is 0.487. The summed E-state index contributed by atoms with van der Waals surface area (Å²) in [6, 6.07) is 12.9. The highest BCUT2D eigenvalue weighted by Crippen LogP contribution is 2.33. The minimum atomic E-state index is -0.396. The molecule has 0 unspecified atom stereocenters. The van der Waals surface area contributed by atoms with E-state index in [4.69, 9.17) is 8.83 Å². The van der Waals surface area contributed by atoms with Gasteiger partial charge in [0, 0.05) is 28.5 Å². The van der Waals surface area contributed by atoms with E-state index in [2.05, 4.69) is 0 Å². The van der Waals surface area contributed by atoms with Crippen LogP contribution in [0.5, 0.6) is 0 Å². The van der Waals surface area contributed by atoms with Gasteiger partial charge < -0.3 is 8.83 Å². The summed E-state index contributed by atoms with van der Waals surface area (Å²) in [5.74, 6) is -0.279. The maximum absolute atomic E-state index is 13.0. The summed E-state index contributed by atoms with van der Waals surface area (Å²) in [6.07, 6.45) is 1.62. The van der Waals surface area contributed by atoms with Crippen LogP contribution in [0.25, 0.3) is 33.1 Å². The van der Waals surface area contributed by atoms with Crippen molar-refractivity contribution in [3.63, 3.8) is 0 Å². The molecule has 0 radical (unpaired) electrons. The number of halogens is 1. The Hall–Kier alpha value is -2.88. The van der Waals surface area contributed by atoms with Crippen LogP contribution in [0.15, 0.2) is 68.4 Å². The molecule has 21 heavy (non-hydrogen) atoms. The Bertz CT molecular complexity index is 1010. The fraction of sp³-hybridized carbons (Fsp3) is 0. The van der Waals surface area contributed by atoms with Crippen LogP contribution in [0.1, 0.15) is 0 Å². The number of benzene rings is 2. The predicted molar refractivity (Wildman–Crippen MR) is 77.7 cm³/mol. The minimum absolute atomic E-state index is 0.279. The summed E-state index contributed by atoms with van der Waals surface area (Å²) in [7, 11) is 0. The summed E-state index contributed by atoms with van der Waals surface area (Å²) in [5.41, 5.74) is 2.45. The maximum atomic E-state index is 13.0. The molecule has 0 atom stereocenters. The Morgan fingerprint density at radius 2 is 1.71 bits per heavy atom. The average Bonchev–Trinajstić information content (AvgIpc) is 2.88. The lowest BCUT2D eigenvalue weighted by molar-refractivity contribution is 0.559. The largest absolute Gasteiger partial charge is 0.464 e. The van der Waals surface area contributed by atoms with E-state index in [0.717, 1.165) is 21.9 Å². The first-order valence-electron chi connectivity index (χ1n) is 6.42. The van der Waals surface area contributed by atoms with E-state index in [0.29, 0.717) is 11.2 Å². The zero-order valence-corrected chi connectivity index (χ0v) is 10.8. The van der Waals surface area contributed by atoms with Gasteiger partial charge in [-0.25, -0.2) is 9.18 Å². The van der Waals surface area contributed by atoms with Gasteiger partial charge in [-0.05, 0) is 29.8 Å². The molecule has 2 aromatic heterocycles. The van der Waals surface area contributed by atoms with Crippen molar-refractivity contribution < 1.29 is 13.2 Å². The molecule has 4 rings (SSSR count). The van der Waals surface area contributed by atoms with E-state index in [1.54, 1.807) is 30.5 Å². The Morgan fingerprint density at radius 1 is 0.905 bits per heavy atom. The highest BCUT2D eigenvalue weighted by Gasteiger charge is 2.10. The van der Waals surface area contributed by atoms with Gasteiger partial charge in [-0.15, -0.1) is 0 Å². The van der Waals surface area contributed by atoms with Crippen LogP contribution < -0.4 is 5.63 Å². The molecule has 2 heterocycles. The van der Waals surface area contributed by atoms with Crippen molar-refractivity contribution in [2.45, 2.75) is 0 Å². The van der Waals surface area contributed by atoms with Crippen molar-refractivity contribution in [2.75, 3.05) is 0 Å². The molecular weight excluding hydrogens is 271 g/mol. The maximum Gasteiger partial charge on any atom is 0.336 e. The Balaban J connectivity index is 2.01. The lowest BCUT2D eigenvalue weighted by Crippen LogP contribution is -1.93. The first-order valence-corrected chi connectivity index (χ1v) is 6.42. The SMILES string of the molecule is O=c1ccc2cc3c(-c4ccc(F)cc4)coc3cc2o1. The van der Waals surface area contributed by atoms with E-state index in [9.17, 15) is 9.18 Å². The van der Waals surface area contributed by atoms with E-state index >= 15 is 0 Å². The van der Waals surface area contributed by atoms with Crippen LogP contribution >= 0.6 is 0 Å². The summed E-state index contributed by atoms with van der Waals surface area (Å²) in [6.45, 7) is 0. The van der Waals surface area contributed by atoms with Gasteiger partial charge in [0.25, 0.3) is 0 Å². The van der Waals surface area contributed by atoms with Crippen LogP contribution in [0.3, 0.4) is 0 Å². The van der Waals surface area contributed by atoms with Gasteiger partial charge in [-0.1, -0.05) is 12.1 Å². The number of hydrogen-bond donors (Lipinski definition) is 0. The van der Waals surface area contributed by atoms with E-state index in [1.165, 1.54) is 18.2 Å². The summed E-state index contributed by atoms with van der Waals surface area (Å²) < 4.78 is 23.7. The average molecular weight is 280 g/mol. The van der Waals surface area contributed by atoms with Crippen molar-refractivity contribution in [1.29, 1.82) is 0 Å². The lowest BCUT2D eigenvalue weighted by Gasteiger charge is -2.00. The molecule has 0 amide bonds. The van der Waals surface area contributed by atoms with E-state index in [-0.39, 0.29) is 5.82 Å². The molecule has 0 fully saturated rings. The van der Waals surface area contributed by atoms with Gasteiger partial charge in [0.15, 0.2) is 0 Å². The topological polar surface area (TPSA) is 43.4 Å². The Labute approximate surface area is 118 Å². The molecule has 0 aliphatic heterocycles. The minimum Gasteiger partial charge on any atom is -0.464 e. The van der Waals surface area contributed by atoms with Crippen molar-refractivity contribution in [1.82, 2.24) is 0 Å². The second-order valence-corrected chi connectivity index (χ2v) is 4.80. The first kappa shape index (κ1) is 11.9. The van der Waals surface area contributed by atoms with E-state index in [1.807, 2.05) is 6.07 Å². The van der Waals surface area contributed by atoms with E-state index < -0.39 is 5.63 Å². The molecule has 102 valence electrons. The summed E-state index contributed by atoms with van der Waals surface area (Å²) in [4.78, 5) is 11.2. The summed E-state index contributed by atoms with van der Waals surface area (Å²) >= 11 is 0. The molecule has 0 aliphatic carbocycles. The highest BCUT2D eigenvalue weighted by molar-refractivity contribution is 6.01. The molecule has 3 nitrogen and oxygen atoms in total. The lowest BCUT2D eigenvalue weighted by atomic mass is 10.0.